The Morgan fingerprint density at radius 3 is 2.74 bits per heavy atom. The van der Waals surface area contributed by atoms with Crippen molar-refractivity contribution < 1.29 is 9.72 Å². The van der Waals surface area contributed by atoms with Gasteiger partial charge in [0.1, 0.15) is 5.69 Å². The highest BCUT2D eigenvalue weighted by Gasteiger charge is 2.12. The third-order valence-electron chi connectivity index (χ3n) is 2.58. The Balaban J connectivity index is 2.26. The third kappa shape index (κ3) is 2.92. The highest BCUT2D eigenvalue weighted by molar-refractivity contribution is 6.03. The second-order valence-corrected chi connectivity index (χ2v) is 3.93. The summed E-state index contributed by atoms with van der Waals surface area (Å²) in [4.78, 5) is 26.0. The van der Waals surface area contributed by atoms with Crippen LogP contribution in [0.1, 0.15) is 16.1 Å². The fourth-order valence-electron chi connectivity index (χ4n) is 1.54. The maximum atomic E-state index is 11.9. The standard InChI is InChI=1S/C13H11N3O3/c1-9-5-6-10(16(18)19)8-12(9)15-13(17)11-4-2-3-7-14-11/h2-8H,1H3,(H,15,17). The third-order valence-corrected chi connectivity index (χ3v) is 2.58. The van der Waals surface area contributed by atoms with Crippen LogP contribution in [0.25, 0.3) is 0 Å². The molecule has 0 unspecified atom stereocenters. The number of nitrogens with zero attached hydrogens (tertiary/aromatic N) is 2. The number of pyridine rings is 1. The lowest BCUT2D eigenvalue weighted by Gasteiger charge is -2.07. The van der Waals surface area contributed by atoms with E-state index in [1.807, 2.05) is 0 Å². The first kappa shape index (κ1) is 12.7. The number of carbonyl (C=O) groups excluding carboxylic acids is 1. The van der Waals surface area contributed by atoms with Gasteiger partial charge in [0.2, 0.25) is 0 Å². The molecule has 0 saturated heterocycles. The van der Waals surface area contributed by atoms with E-state index in [1.54, 1.807) is 31.2 Å². The summed E-state index contributed by atoms with van der Waals surface area (Å²) in [5.41, 5.74) is 1.34. The summed E-state index contributed by atoms with van der Waals surface area (Å²) in [5, 5.41) is 13.3. The zero-order valence-corrected chi connectivity index (χ0v) is 10.2. The number of non-ortho nitro benzene ring substituents is 1. The van der Waals surface area contributed by atoms with E-state index in [1.165, 1.54) is 18.3 Å². The van der Waals surface area contributed by atoms with Crippen molar-refractivity contribution in [3.8, 4) is 0 Å². The number of hydrogen-bond donors (Lipinski definition) is 1. The van der Waals surface area contributed by atoms with Crippen LogP contribution in [0.3, 0.4) is 0 Å². The van der Waals surface area contributed by atoms with Gasteiger partial charge in [0.05, 0.1) is 10.6 Å². The van der Waals surface area contributed by atoms with Gasteiger partial charge in [-0.15, -0.1) is 0 Å². The summed E-state index contributed by atoms with van der Waals surface area (Å²) in [6, 6.07) is 9.29. The number of hydrogen-bond acceptors (Lipinski definition) is 4. The molecule has 0 atom stereocenters. The van der Waals surface area contributed by atoms with E-state index in [9.17, 15) is 14.9 Å². The van der Waals surface area contributed by atoms with Crippen LogP contribution in [0.5, 0.6) is 0 Å². The van der Waals surface area contributed by atoms with Gasteiger partial charge in [-0.25, -0.2) is 0 Å². The fraction of sp³-hybridized carbons (Fsp3) is 0.0769. The molecule has 0 spiro atoms. The number of aryl methyl sites for hydroxylation is 1. The first-order valence-corrected chi connectivity index (χ1v) is 5.55. The lowest BCUT2D eigenvalue weighted by molar-refractivity contribution is -0.384. The maximum absolute atomic E-state index is 11.9. The zero-order valence-electron chi connectivity index (χ0n) is 10.2. The van der Waals surface area contributed by atoms with Gasteiger partial charge in [0.25, 0.3) is 11.6 Å². The van der Waals surface area contributed by atoms with Crippen LogP contribution in [-0.2, 0) is 0 Å². The largest absolute Gasteiger partial charge is 0.320 e. The second kappa shape index (κ2) is 5.26. The highest BCUT2D eigenvalue weighted by atomic mass is 16.6. The van der Waals surface area contributed by atoms with E-state index < -0.39 is 10.8 Å². The Bertz CT molecular complexity index is 626. The SMILES string of the molecule is Cc1ccc([N+](=O)[O-])cc1NC(=O)c1ccccn1. The smallest absolute Gasteiger partial charge is 0.274 e. The number of aromatic nitrogens is 1. The van der Waals surface area contributed by atoms with Crippen LogP contribution in [-0.4, -0.2) is 15.8 Å². The number of nitrogens with one attached hydrogen (secondary N) is 1. The van der Waals surface area contributed by atoms with E-state index >= 15 is 0 Å². The van der Waals surface area contributed by atoms with Crippen molar-refractivity contribution in [2.75, 3.05) is 5.32 Å². The summed E-state index contributed by atoms with van der Waals surface area (Å²) >= 11 is 0. The Morgan fingerprint density at radius 2 is 2.11 bits per heavy atom. The quantitative estimate of drug-likeness (QED) is 0.676. The predicted molar refractivity (Wildman–Crippen MR) is 70.0 cm³/mol. The minimum atomic E-state index is -0.504. The summed E-state index contributed by atoms with van der Waals surface area (Å²) in [7, 11) is 0. The van der Waals surface area contributed by atoms with Crippen LogP contribution in [0, 0.1) is 17.0 Å². The molecule has 0 fully saturated rings. The van der Waals surface area contributed by atoms with Crippen LogP contribution >= 0.6 is 0 Å². The molecule has 0 bridgehead atoms. The first-order chi connectivity index (χ1) is 9.08. The summed E-state index contributed by atoms with van der Waals surface area (Å²) in [6.45, 7) is 1.76. The molecule has 1 N–H and O–H groups in total. The normalized spacial score (nSPS) is 9.95. The van der Waals surface area contributed by atoms with Crippen molar-refractivity contribution in [3.63, 3.8) is 0 Å². The number of nitro benzene ring substituents is 1. The van der Waals surface area contributed by atoms with E-state index in [2.05, 4.69) is 10.3 Å². The summed E-state index contributed by atoms with van der Waals surface area (Å²) in [5.74, 6) is -0.399. The zero-order chi connectivity index (χ0) is 13.8. The van der Waals surface area contributed by atoms with Gasteiger partial charge in [-0.3, -0.25) is 19.9 Å². The number of rotatable bonds is 3. The van der Waals surface area contributed by atoms with E-state index in [0.29, 0.717) is 5.69 Å². The first-order valence-electron chi connectivity index (χ1n) is 5.55. The molecular formula is C13H11N3O3. The average Bonchev–Trinajstić information content (AvgIpc) is 2.42. The molecule has 0 aliphatic rings. The Morgan fingerprint density at radius 1 is 1.32 bits per heavy atom. The lowest BCUT2D eigenvalue weighted by atomic mass is 10.1. The van der Waals surface area contributed by atoms with Crippen molar-refractivity contribution in [1.29, 1.82) is 0 Å². The average molecular weight is 257 g/mol. The maximum Gasteiger partial charge on any atom is 0.274 e. The van der Waals surface area contributed by atoms with Crippen LogP contribution in [0.2, 0.25) is 0 Å². The van der Waals surface area contributed by atoms with Crippen LogP contribution in [0.15, 0.2) is 42.6 Å². The van der Waals surface area contributed by atoms with Gasteiger partial charge >= 0.3 is 0 Å². The second-order valence-electron chi connectivity index (χ2n) is 3.93. The number of nitro groups is 1. The van der Waals surface area contributed by atoms with Gasteiger partial charge in [-0.2, -0.15) is 0 Å². The molecule has 0 aliphatic carbocycles. The van der Waals surface area contributed by atoms with Gasteiger partial charge in [-0.05, 0) is 24.6 Å². The number of carbonyl (C=O) groups is 1. The molecule has 6 heteroatoms. The molecule has 0 aliphatic heterocycles. The van der Waals surface area contributed by atoms with Crippen molar-refractivity contribution in [2.45, 2.75) is 6.92 Å². The van der Waals surface area contributed by atoms with E-state index in [-0.39, 0.29) is 11.4 Å². The summed E-state index contributed by atoms with van der Waals surface area (Å²) in [6.07, 6.45) is 1.51. The minimum Gasteiger partial charge on any atom is -0.320 e. The lowest BCUT2D eigenvalue weighted by Crippen LogP contribution is -2.14. The van der Waals surface area contributed by atoms with Crippen LogP contribution in [0.4, 0.5) is 11.4 Å². The van der Waals surface area contributed by atoms with E-state index in [4.69, 9.17) is 0 Å². The Labute approximate surface area is 109 Å². The van der Waals surface area contributed by atoms with Crippen molar-refractivity contribution in [3.05, 3.63) is 64.0 Å². The molecule has 2 rings (SSSR count). The Kier molecular flexibility index (Phi) is 3.51. The molecule has 1 aromatic carbocycles. The number of anilines is 1. The van der Waals surface area contributed by atoms with Gasteiger partial charge in [0.15, 0.2) is 0 Å². The Hall–Kier alpha value is -2.76. The predicted octanol–water partition coefficient (Wildman–Crippen LogP) is 2.55. The fourth-order valence-corrected chi connectivity index (χ4v) is 1.54. The van der Waals surface area contributed by atoms with E-state index in [0.717, 1.165) is 5.56 Å². The molecule has 96 valence electrons. The van der Waals surface area contributed by atoms with Crippen molar-refractivity contribution >= 4 is 17.3 Å². The minimum absolute atomic E-state index is 0.0677. The van der Waals surface area contributed by atoms with Gasteiger partial charge < -0.3 is 5.32 Å². The topological polar surface area (TPSA) is 85.1 Å². The molecule has 1 amide bonds. The molecule has 19 heavy (non-hydrogen) atoms. The van der Waals surface area contributed by atoms with Crippen molar-refractivity contribution in [2.24, 2.45) is 0 Å². The van der Waals surface area contributed by atoms with Gasteiger partial charge in [-0.1, -0.05) is 12.1 Å². The molecule has 2 aromatic rings. The molecule has 0 radical (unpaired) electrons. The number of benzene rings is 1. The summed E-state index contributed by atoms with van der Waals surface area (Å²) < 4.78 is 0. The monoisotopic (exact) mass is 257 g/mol. The van der Waals surface area contributed by atoms with Crippen molar-refractivity contribution in [1.82, 2.24) is 4.98 Å². The molecule has 1 aromatic heterocycles. The molecular weight excluding hydrogens is 246 g/mol. The molecule has 1 heterocycles. The number of amides is 1. The molecule has 6 nitrogen and oxygen atoms in total. The van der Waals surface area contributed by atoms with Gasteiger partial charge in [0, 0.05) is 18.3 Å². The van der Waals surface area contributed by atoms with Crippen LogP contribution < -0.4 is 5.32 Å². The highest BCUT2D eigenvalue weighted by Crippen LogP contribution is 2.22. The molecule has 0 saturated carbocycles.